The number of aromatic nitrogens is 5. The van der Waals surface area contributed by atoms with Crippen molar-refractivity contribution in [2.75, 3.05) is 69.3 Å². The van der Waals surface area contributed by atoms with Crippen LogP contribution in [-0.2, 0) is 19.5 Å². The largest absolute Gasteiger partial charge is 0.377 e. The van der Waals surface area contributed by atoms with Gasteiger partial charge in [0.15, 0.2) is 5.65 Å². The van der Waals surface area contributed by atoms with E-state index in [4.69, 9.17) is 26.1 Å². The summed E-state index contributed by atoms with van der Waals surface area (Å²) in [6.45, 7) is 10.0. The molecule has 3 N–H and O–H groups in total. The molecule has 2 aliphatic heterocycles. The van der Waals surface area contributed by atoms with Crippen molar-refractivity contribution in [3.63, 3.8) is 0 Å². The van der Waals surface area contributed by atoms with Gasteiger partial charge in [0.1, 0.15) is 11.3 Å². The Bertz CT molecular complexity index is 3150. The number of rotatable bonds is 12. The first kappa shape index (κ1) is 43.6. The molecule has 1 aliphatic carbocycles. The minimum atomic E-state index is -4.62. The number of nitro groups is 1. The topological polar surface area (TPSA) is 194 Å². The Kier molecular flexibility index (Phi) is 11.5. The van der Waals surface area contributed by atoms with Crippen LogP contribution in [0.5, 0.6) is 0 Å². The van der Waals surface area contributed by atoms with Crippen LogP contribution in [0.3, 0.4) is 0 Å². The SMILES string of the molecule is CC1(C)CCC(CN2CCN(c3ccc(C(=O)NS(=O)(=O)c4ccc(NC[C@H]5COCCO5)c([N+](=O)[O-])c4)c(-n4c5cc6cc[nH]c6nc5n5ccnc45)c3)CC2)=C(c2ccc(Cl)cc2)C1. The third kappa shape index (κ3) is 8.62. The summed E-state index contributed by atoms with van der Waals surface area (Å²) in [5.41, 5.74) is 7.11. The number of amides is 1. The number of aromatic amines is 1. The zero-order chi connectivity index (χ0) is 45.7. The van der Waals surface area contributed by atoms with Crippen LogP contribution in [-0.4, -0.2) is 113 Å². The van der Waals surface area contributed by atoms with Crippen molar-refractivity contribution in [3.05, 3.63) is 123 Å². The van der Waals surface area contributed by atoms with Crippen LogP contribution in [0.1, 0.15) is 49.0 Å². The van der Waals surface area contributed by atoms with Gasteiger partial charge < -0.3 is 24.7 Å². The maximum Gasteiger partial charge on any atom is 0.293 e. The smallest absolute Gasteiger partial charge is 0.293 e. The highest BCUT2D eigenvalue weighted by molar-refractivity contribution is 7.90. The maximum atomic E-state index is 14.4. The van der Waals surface area contributed by atoms with E-state index in [0.29, 0.717) is 48.1 Å². The Morgan fingerprint density at radius 2 is 1.85 bits per heavy atom. The van der Waals surface area contributed by atoms with Crippen molar-refractivity contribution in [2.24, 2.45) is 5.41 Å². The predicted octanol–water partition coefficient (Wildman–Crippen LogP) is 7.45. The molecule has 0 bridgehead atoms. The number of fused-ring (bicyclic) bond motifs is 4. The lowest BCUT2D eigenvalue weighted by Crippen LogP contribution is -2.47. The van der Waals surface area contributed by atoms with Crippen LogP contribution in [0, 0.1) is 15.5 Å². The van der Waals surface area contributed by atoms with Gasteiger partial charge in [-0.3, -0.25) is 28.8 Å². The molecule has 0 saturated carbocycles. The second kappa shape index (κ2) is 17.5. The predicted molar refractivity (Wildman–Crippen MR) is 253 cm³/mol. The summed E-state index contributed by atoms with van der Waals surface area (Å²) in [7, 11) is -4.62. The molecule has 10 rings (SSSR count). The van der Waals surface area contributed by atoms with Crippen molar-refractivity contribution in [1.29, 1.82) is 0 Å². The Labute approximate surface area is 385 Å². The zero-order valence-electron chi connectivity index (χ0n) is 36.5. The highest BCUT2D eigenvalue weighted by Crippen LogP contribution is 2.43. The number of H-pyrrole nitrogens is 1. The lowest BCUT2D eigenvalue weighted by Gasteiger charge is -2.39. The van der Waals surface area contributed by atoms with E-state index in [-0.39, 0.29) is 29.3 Å². The van der Waals surface area contributed by atoms with E-state index in [2.05, 4.69) is 55.8 Å². The quantitative estimate of drug-likeness (QED) is 0.0811. The fourth-order valence-corrected chi connectivity index (χ4v) is 10.5. The number of carbonyl (C=O) groups is 1. The van der Waals surface area contributed by atoms with Gasteiger partial charge in [0.2, 0.25) is 5.78 Å². The van der Waals surface area contributed by atoms with Gasteiger partial charge in [-0.15, -0.1) is 0 Å². The molecule has 6 heterocycles. The molecule has 0 spiro atoms. The summed E-state index contributed by atoms with van der Waals surface area (Å²) in [4.78, 5) is 43.0. The molecule has 3 aliphatic rings. The third-order valence-corrected chi connectivity index (χ3v) is 14.5. The molecule has 342 valence electrons. The highest BCUT2D eigenvalue weighted by atomic mass is 35.5. The van der Waals surface area contributed by atoms with Gasteiger partial charge >= 0.3 is 0 Å². The van der Waals surface area contributed by atoms with Gasteiger partial charge in [0, 0.05) is 80.0 Å². The number of pyridine rings is 1. The number of nitro benzene ring substituents is 1. The van der Waals surface area contributed by atoms with Gasteiger partial charge in [-0.25, -0.2) is 23.1 Å². The number of sulfonamides is 1. The number of imidazole rings is 2. The van der Waals surface area contributed by atoms with E-state index in [0.717, 1.165) is 74.1 Å². The molecule has 19 heteroatoms. The van der Waals surface area contributed by atoms with Crippen molar-refractivity contribution in [1.82, 2.24) is 33.5 Å². The minimum absolute atomic E-state index is 0.0434. The van der Waals surface area contributed by atoms with Crippen molar-refractivity contribution in [3.8, 4) is 5.69 Å². The number of halogens is 1. The number of benzene rings is 3. The number of piperazine rings is 1. The van der Waals surface area contributed by atoms with Gasteiger partial charge in [-0.05, 0) is 90.4 Å². The number of nitrogens with one attached hydrogen (secondary N) is 3. The van der Waals surface area contributed by atoms with E-state index >= 15 is 0 Å². The van der Waals surface area contributed by atoms with Crippen LogP contribution >= 0.6 is 11.6 Å². The average Bonchev–Trinajstić information content (AvgIpc) is 4.05. The summed E-state index contributed by atoms with van der Waals surface area (Å²) in [5, 5.41) is 16.7. The van der Waals surface area contributed by atoms with Crippen LogP contribution in [0.15, 0.2) is 102 Å². The molecule has 2 saturated heterocycles. The molecule has 1 atom stereocenters. The van der Waals surface area contributed by atoms with Crippen molar-refractivity contribution in [2.45, 2.75) is 44.1 Å². The first-order valence-corrected chi connectivity index (χ1v) is 23.9. The van der Waals surface area contributed by atoms with E-state index in [9.17, 15) is 23.3 Å². The van der Waals surface area contributed by atoms with Crippen molar-refractivity contribution >= 4 is 78.1 Å². The fraction of sp³-hybridized carbons (Fsp3) is 0.340. The Morgan fingerprint density at radius 1 is 1.03 bits per heavy atom. The standard InChI is InChI=1S/C47H49ClN10O7S/c1-47(2)13-11-32(38(26-47)30-3-5-33(48)6-4-30)28-54-17-19-55(20-18-54)34-7-9-37(40(24-34)57-42-23-31-12-14-49-43(31)52-44(42)56-16-15-50-46(56)57)45(59)53-66(62,63)36-8-10-39(41(25-36)58(60)61)51-27-35-29-64-21-22-65-35/h3-10,12,14-16,23-25,35,51H,11,13,17-22,26-29H2,1-2H3,(H,49,52)(H,53,59)/t35-/m0/s1. The van der Waals surface area contributed by atoms with Gasteiger partial charge in [-0.1, -0.05) is 43.2 Å². The average molecular weight is 933 g/mol. The first-order valence-electron chi connectivity index (χ1n) is 22.0. The molecule has 4 aromatic heterocycles. The molecule has 3 aromatic carbocycles. The molecule has 7 aromatic rings. The second-order valence-electron chi connectivity index (χ2n) is 17.9. The van der Waals surface area contributed by atoms with Crippen LogP contribution in [0.4, 0.5) is 17.1 Å². The van der Waals surface area contributed by atoms with Crippen molar-refractivity contribution < 1.29 is 27.6 Å². The van der Waals surface area contributed by atoms with Gasteiger partial charge in [0.05, 0.1) is 52.5 Å². The van der Waals surface area contributed by atoms with E-state index in [1.54, 1.807) is 24.7 Å². The van der Waals surface area contributed by atoms with Gasteiger partial charge in [0.25, 0.3) is 21.6 Å². The number of allylic oxidation sites excluding steroid dienone is 1. The molecular formula is C47H49ClN10O7S. The summed E-state index contributed by atoms with van der Waals surface area (Å²) in [5.74, 6) is -0.461. The fourth-order valence-electron chi connectivity index (χ4n) is 9.36. The third-order valence-electron chi connectivity index (χ3n) is 12.9. The zero-order valence-corrected chi connectivity index (χ0v) is 38.1. The molecule has 0 radical (unpaired) electrons. The molecule has 17 nitrogen and oxygen atoms in total. The van der Waals surface area contributed by atoms with Crippen LogP contribution in [0.25, 0.3) is 39.2 Å². The molecule has 2 fully saturated rings. The lowest BCUT2D eigenvalue weighted by atomic mass is 9.72. The molecule has 0 unspecified atom stereocenters. The normalized spacial score (nSPS) is 18.3. The van der Waals surface area contributed by atoms with Gasteiger partial charge in [-0.2, -0.15) is 0 Å². The molecule has 1 amide bonds. The lowest BCUT2D eigenvalue weighted by molar-refractivity contribution is -0.384. The maximum absolute atomic E-state index is 14.4. The number of nitrogens with zero attached hydrogens (tertiary/aromatic N) is 7. The van der Waals surface area contributed by atoms with E-state index < -0.39 is 31.4 Å². The number of ether oxygens (including phenoxy) is 2. The summed E-state index contributed by atoms with van der Waals surface area (Å²) in [6.07, 6.45) is 8.07. The first-order chi connectivity index (χ1) is 31.8. The van der Waals surface area contributed by atoms with Crippen LogP contribution in [0.2, 0.25) is 5.02 Å². The highest BCUT2D eigenvalue weighted by Gasteiger charge is 2.31. The number of carbonyl (C=O) groups excluding carboxylic acids is 1. The Balaban J connectivity index is 0.957. The minimum Gasteiger partial charge on any atom is -0.377 e. The van der Waals surface area contributed by atoms with Crippen LogP contribution < -0.4 is 14.9 Å². The Hall–Kier alpha value is -6.31. The summed E-state index contributed by atoms with van der Waals surface area (Å²) < 4.78 is 44.8. The molecular weight excluding hydrogens is 884 g/mol. The second-order valence-corrected chi connectivity index (χ2v) is 20.0. The number of hydrogen-bond donors (Lipinski definition) is 3. The summed E-state index contributed by atoms with van der Waals surface area (Å²) >= 11 is 6.27. The number of anilines is 2. The Morgan fingerprint density at radius 3 is 2.62 bits per heavy atom. The monoisotopic (exact) mass is 932 g/mol. The number of hydrogen-bond acceptors (Lipinski definition) is 12. The van der Waals surface area contributed by atoms with E-state index in [1.807, 2.05) is 45.4 Å². The summed E-state index contributed by atoms with van der Waals surface area (Å²) in [6, 6.07) is 20.8. The van der Waals surface area contributed by atoms with E-state index in [1.165, 1.54) is 28.8 Å². The molecule has 66 heavy (non-hydrogen) atoms.